The van der Waals surface area contributed by atoms with Crippen molar-refractivity contribution in [3.05, 3.63) is 217 Å². The van der Waals surface area contributed by atoms with Gasteiger partial charge in [0.15, 0.2) is 0 Å². The van der Waals surface area contributed by atoms with Gasteiger partial charge in [0, 0.05) is 39.6 Å². The maximum absolute atomic E-state index is 6.63. The lowest BCUT2D eigenvalue weighted by Crippen LogP contribution is -2.18. The van der Waals surface area contributed by atoms with Gasteiger partial charge >= 0.3 is 0 Å². The van der Waals surface area contributed by atoms with E-state index >= 15 is 0 Å². The number of nitrogens with zero attached hydrogens (tertiary/aromatic N) is 1. The second kappa shape index (κ2) is 13.7. The topological polar surface area (TPSA) is 16.4 Å². The van der Waals surface area contributed by atoms with Crippen LogP contribution in [0.1, 0.15) is 35.8 Å². The van der Waals surface area contributed by atoms with Crippen LogP contribution in [0.15, 0.2) is 210 Å². The van der Waals surface area contributed by atoms with Crippen LogP contribution in [0.25, 0.3) is 55.0 Å². The Morgan fingerprint density at radius 2 is 1.22 bits per heavy atom. The molecule has 0 fully saturated rings. The average molecular weight is 694 g/mol. The van der Waals surface area contributed by atoms with E-state index < -0.39 is 0 Å². The zero-order chi connectivity index (χ0) is 35.8. The third-order valence-electron chi connectivity index (χ3n) is 11.1. The smallest absolute Gasteiger partial charge is 0.136 e. The minimum absolute atomic E-state index is 0.356. The van der Waals surface area contributed by atoms with E-state index in [1.54, 1.807) is 0 Å². The zero-order valence-electron chi connectivity index (χ0n) is 30.0. The van der Waals surface area contributed by atoms with Crippen molar-refractivity contribution in [2.45, 2.75) is 24.7 Å². The normalized spacial score (nSPS) is 16.6. The molecule has 0 spiro atoms. The Labute approximate surface area is 316 Å². The largest absolute Gasteiger partial charge is 0.456 e. The van der Waals surface area contributed by atoms with E-state index in [4.69, 9.17) is 4.42 Å². The summed E-state index contributed by atoms with van der Waals surface area (Å²) in [6.45, 7) is 0. The summed E-state index contributed by atoms with van der Waals surface area (Å²) < 4.78 is 6.63. The van der Waals surface area contributed by atoms with Crippen LogP contribution >= 0.6 is 0 Å². The molecule has 0 aliphatic heterocycles. The number of hydrogen-bond acceptors (Lipinski definition) is 2. The summed E-state index contributed by atoms with van der Waals surface area (Å²) in [5.74, 6) is 0.760. The lowest BCUT2D eigenvalue weighted by molar-refractivity contribution is 0.669. The minimum atomic E-state index is 0.356. The fourth-order valence-corrected chi connectivity index (χ4v) is 8.43. The summed E-state index contributed by atoms with van der Waals surface area (Å²) >= 11 is 0. The van der Waals surface area contributed by atoms with Crippen molar-refractivity contribution in [3.63, 3.8) is 0 Å². The highest BCUT2D eigenvalue weighted by molar-refractivity contribution is 6.22. The molecule has 258 valence electrons. The van der Waals surface area contributed by atoms with E-state index in [1.165, 1.54) is 44.3 Å². The molecule has 2 aliphatic rings. The van der Waals surface area contributed by atoms with E-state index in [0.29, 0.717) is 11.8 Å². The second-order valence-corrected chi connectivity index (χ2v) is 14.4. The van der Waals surface area contributed by atoms with Gasteiger partial charge in [-0.3, -0.25) is 0 Å². The lowest BCUT2D eigenvalue weighted by atomic mass is 9.90. The molecule has 2 atom stereocenters. The molecule has 0 saturated heterocycles. The summed E-state index contributed by atoms with van der Waals surface area (Å²) in [5.41, 5.74) is 12.6. The van der Waals surface area contributed by atoms with Gasteiger partial charge < -0.3 is 9.32 Å². The van der Waals surface area contributed by atoms with Crippen molar-refractivity contribution in [2.24, 2.45) is 0 Å². The first-order valence-electron chi connectivity index (χ1n) is 19.0. The Hall–Kier alpha value is -6.64. The third kappa shape index (κ3) is 5.77. The molecule has 1 heterocycles. The Balaban J connectivity index is 1.10. The molecule has 2 unspecified atom stereocenters. The van der Waals surface area contributed by atoms with Crippen LogP contribution in [0.5, 0.6) is 0 Å². The van der Waals surface area contributed by atoms with Crippen molar-refractivity contribution >= 4 is 44.1 Å². The van der Waals surface area contributed by atoms with Gasteiger partial charge in [-0.2, -0.15) is 0 Å². The highest BCUT2D eigenvalue weighted by atomic mass is 16.3. The molecule has 7 aromatic carbocycles. The van der Waals surface area contributed by atoms with E-state index in [2.05, 4.69) is 205 Å². The molecular formula is C52H39NO. The first kappa shape index (κ1) is 32.0. The van der Waals surface area contributed by atoms with E-state index in [1.807, 2.05) is 0 Å². The molecule has 8 aromatic rings. The van der Waals surface area contributed by atoms with Gasteiger partial charge in [0.05, 0.1) is 5.69 Å². The first-order valence-corrected chi connectivity index (χ1v) is 19.0. The highest BCUT2D eigenvalue weighted by Crippen LogP contribution is 2.44. The van der Waals surface area contributed by atoms with Crippen LogP contribution < -0.4 is 4.90 Å². The van der Waals surface area contributed by atoms with E-state index in [0.717, 1.165) is 51.7 Å². The first-order chi connectivity index (χ1) is 26.8. The number of anilines is 2. The van der Waals surface area contributed by atoms with Crippen molar-refractivity contribution in [2.75, 3.05) is 4.90 Å². The summed E-state index contributed by atoms with van der Waals surface area (Å²) in [4.78, 5) is 2.44. The predicted octanol–water partition coefficient (Wildman–Crippen LogP) is 14.4. The lowest BCUT2D eigenvalue weighted by Gasteiger charge is -2.31. The number of para-hydroxylation sites is 1. The molecule has 2 nitrogen and oxygen atoms in total. The predicted molar refractivity (Wildman–Crippen MR) is 227 cm³/mol. The Morgan fingerprint density at radius 1 is 0.500 bits per heavy atom. The third-order valence-corrected chi connectivity index (χ3v) is 11.1. The van der Waals surface area contributed by atoms with E-state index in [-0.39, 0.29) is 0 Å². The fraction of sp³-hybridized carbons (Fsp3) is 0.0769. The Kier molecular flexibility index (Phi) is 8.15. The number of allylic oxidation sites excluding steroid dienone is 7. The summed E-state index contributed by atoms with van der Waals surface area (Å²) in [7, 11) is 0. The molecule has 10 rings (SSSR count). The number of fused-ring (bicyclic) bond motifs is 5. The highest BCUT2D eigenvalue weighted by Gasteiger charge is 2.22. The number of rotatable bonds is 7. The molecule has 0 N–H and O–H groups in total. The molecule has 54 heavy (non-hydrogen) atoms. The maximum atomic E-state index is 6.63. The second-order valence-electron chi connectivity index (χ2n) is 14.4. The number of hydrogen-bond donors (Lipinski definition) is 0. The molecule has 0 amide bonds. The van der Waals surface area contributed by atoms with Gasteiger partial charge in [-0.25, -0.2) is 0 Å². The van der Waals surface area contributed by atoms with Crippen LogP contribution in [0, 0.1) is 0 Å². The van der Waals surface area contributed by atoms with Crippen LogP contribution in [0.4, 0.5) is 11.4 Å². The average Bonchev–Trinajstić information content (AvgIpc) is 3.63. The minimum Gasteiger partial charge on any atom is -0.456 e. The van der Waals surface area contributed by atoms with Crippen LogP contribution in [0.2, 0.25) is 0 Å². The van der Waals surface area contributed by atoms with Gasteiger partial charge in [0.1, 0.15) is 11.2 Å². The van der Waals surface area contributed by atoms with Crippen LogP contribution in [-0.2, 0) is 0 Å². The molecule has 0 radical (unpaired) electrons. The summed E-state index contributed by atoms with van der Waals surface area (Å²) in [6, 6.07) is 57.1. The van der Waals surface area contributed by atoms with Crippen molar-refractivity contribution in [3.8, 4) is 22.3 Å². The van der Waals surface area contributed by atoms with Crippen molar-refractivity contribution in [1.82, 2.24) is 0 Å². The fourth-order valence-electron chi connectivity index (χ4n) is 8.43. The number of benzene rings is 7. The number of furan rings is 1. The van der Waals surface area contributed by atoms with Gasteiger partial charge in [-0.05, 0) is 93.9 Å². The van der Waals surface area contributed by atoms with Gasteiger partial charge in [-0.1, -0.05) is 158 Å². The molecule has 0 bridgehead atoms. The van der Waals surface area contributed by atoms with Crippen molar-refractivity contribution < 1.29 is 4.42 Å². The maximum Gasteiger partial charge on any atom is 0.136 e. The molecule has 2 aliphatic carbocycles. The molecule has 0 saturated carbocycles. The van der Waals surface area contributed by atoms with Gasteiger partial charge in [0.2, 0.25) is 0 Å². The van der Waals surface area contributed by atoms with Crippen LogP contribution in [0.3, 0.4) is 0 Å². The monoisotopic (exact) mass is 693 g/mol. The van der Waals surface area contributed by atoms with Gasteiger partial charge in [0.25, 0.3) is 0 Å². The van der Waals surface area contributed by atoms with E-state index in [9.17, 15) is 0 Å². The quantitative estimate of drug-likeness (QED) is 0.165. The summed E-state index contributed by atoms with van der Waals surface area (Å²) in [6.07, 6.45) is 17.9. The standard InChI is InChI=1S/C52H39NO/c1-4-14-36(15-5-1)38-24-29-42(30-25-38)53(43-31-26-39(27-32-43)37-16-6-2-7-17-37)49-23-13-12-20-44(49)41-28-33-50-48(34-41)52-46-22-11-10-21-45(46)47(35-51(52)54-50)40-18-8-3-9-19-40/h1-16,18-24,26-35,37-38H,17,25H2. The van der Waals surface area contributed by atoms with Crippen molar-refractivity contribution in [1.29, 1.82) is 0 Å². The van der Waals surface area contributed by atoms with Crippen LogP contribution in [-0.4, -0.2) is 0 Å². The van der Waals surface area contributed by atoms with Gasteiger partial charge in [-0.15, -0.1) is 0 Å². The molecular weight excluding hydrogens is 655 g/mol. The zero-order valence-corrected chi connectivity index (χ0v) is 30.0. The Morgan fingerprint density at radius 3 is 2.00 bits per heavy atom. The molecule has 2 heteroatoms. The Bertz CT molecular complexity index is 2760. The summed E-state index contributed by atoms with van der Waals surface area (Å²) in [5, 5.41) is 4.71. The molecule has 1 aromatic heterocycles. The SMILES string of the molecule is C1=CCC(c2ccc(N(C3=CCC(c4ccccc4)C=C3)c3ccccc3-c3ccc4oc5cc(-c6ccccc6)c6ccccc6c5c4c3)cc2)C=C1.